The number of anilines is 1. The Labute approximate surface area is 148 Å². The molecule has 0 saturated heterocycles. The number of carboxylic acid groups (broad SMARTS) is 1. The highest BCUT2D eigenvalue weighted by atomic mass is 35.5. The zero-order valence-corrected chi connectivity index (χ0v) is 14.1. The number of hydrogen-bond acceptors (Lipinski definition) is 5. The van der Waals surface area contributed by atoms with Crippen LogP contribution < -0.4 is 5.32 Å². The van der Waals surface area contributed by atoms with Gasteiger partial charge in [0.25, 0.3) is 0 Å². The van der Waals surface area contributed by atoms with Gasteiger partial charge in [-0.2, -0.15) is 4.98 Å². The zero-order chi connectivity index (χ0) is 17.3. The summed E-state index contributed by atoms with van der Waals surface area (Å²) in [6.45, 7) is 0. The summed E-state index contributed by atoms with van der Waals surface area (Å²) in [5.74, 6) is 1.17. The second-order valence-corrected chi connectivity index (χ2v) is 7.74. The predicted octanol–water partition coefficient (Wildman–Crippen LogP) is 2.35. The topological polar surface area (TPSA) is 96.6 Å². The second-order valence-electron chi connectivity index (χ2n) is 7.41. The average Bonchev–Trinajstić information content (AvgIpc) is 3.30. The maximum Gasteiger partial charge on any atom is 0.308 e. The van der Waals surface area contributed by atoms with Gasteiger partial charge in [0, 0.05) is 6.04 Å². The van der Waals surface area contributed by atoms with Gasteiger partial charge in [-0.05, 0) is 66.7 Å². The van der Waals surface area contributed by atoms with E-state index in [-0.39, 0.29) is 17.2 Å². The monoisotopic (exact) mass is 360 g/mol. The van der Waals surface area contributed by atoms with E-state index in [0.29, 0.717) is 41.1 Å². The summed E-state index contributed by atoms with van der Waals surface area (Å²) in [7, 11) is 0. The van der Waals surface area contributed by atoms with E-state index in [1.165, 1.54) is 4.52 Å². The molecular weight excluding hydrogens is 344 g/mol. The van der Waals surface area contributed by atoms with Gasteiger partial charge in [-0.1, -0.05) is 0 Å². The van der Waals surface area contributed by atoms with Crippen LogP contribution in [0, 0.1) is 29.6 Å². The first-order chi connectivity index (χ1) is 12.1. The first kappa shape index (κ1) is 15.1. The molecular formula is C17H17ClN4O3. The fourth-order valence-corrected chi connectivity index (χ4v) is 5.49. The highest BCUT2D eigenvalue weighted by molar-refractivity contribution is 6.28. The Morgan fingerprint density at radius 2 is 2.04 bits per heavy atom. The first-order valence-electron chi connectivity index (χ1n) is 8.58. The molecule has 4 aliphatic rings. The molecule has 4 fully saturated rings. The van der Waals surface area contributed by atoms with Crippen molar-refractivity contribution in [2.45, 2.75) is 25.3 Å². The van der Waals surface area contributed by atoms with Crippen molar-refractivity contribution in [2.24, 2.45) is 29.6 Å². The average molecular weight is 361 g/mol. The number of carbonyl (C=O) groups excluding carboxylic acids is 1. The van der Waals surface area contributed by atoms with E-state index in [0.717, 1.165) is 19.3 Å². The molecule has 4 aliphatic carbocycles. The number of carboxylic acids is 1. The molecule has 0 aromatic carbocycles. The normalized spacial score (nSPS) is 35.4. The highest BCUT2D eigenvalue weighted by Gasteiger charge is 2.63. The number of nitrogens with zero attached hydrogens (tertiary/aromatic N) is 3. The zero-order valence-electron chi connectivity index (χ0n) is 13.3. The van der Waals surface area contributed by atoms with E-state index in [4.69, 9.17) is 11.6 Å². The minimum atomic E-state index is -0.738. The third-order valence-electron chi connectivity index (χ3n) is 6.36. The van der Waals surface area contributed by atoms with Gasteiger partial charge in [0.05, 0.1) is 5.92 Å². The Bertz CT molecular complexity index is 897. The van der Waals surface area contributed by atoms with Gasteiger partial charge >= 0.3 is 5.97 Å². The molecule has 2 heterocycles. The predicted molar refractivity (Wildman–Crippen MR) is 89.7 cm³/mol. The molecule has 0 radical (unpaired) electrons. The van der Waals surface area contributed by atoms with Crippen LogP contribution in [0.4, 0.5) is 5.82 Å². The first-order valence-corrected chi connectivity index (χ1v) is 8.96. The molecule has 0 amide bonds. The Kier molecular flexibility index (Phi) is 3.13. The van der Waals surface area contributed by atoms with Crippen LogP contribution in [0.15, 0.2) is 12.1 Å². The lowest BCUT2D eigenvalue weighted by atomic mass is 9.61. The van der Waals surface area contributed by atoms with Crippen LogP contribution in [0.3, 0.4) is 0 Å². The summed E-state index contributed by atoms with van der Waals surface area (Å²) in [5.41, 5.74) is 1.01. The number of fused-ring (bicyclic) bond motifs is 3. The standard InChI is InChI=1S/C17H17ClN4O3/c18-17-20-15(12-4-1-7(6-23)22(12)21-17)19-14-9-3-2-8(10-5-11(9)10)13(14)16(24)25/h1,4,6,8-11,13-14H,2-3,5H2,(H,24,25)(H,19,20,21)/t8-,9+,10?,11?,13-,14-/m0/s1. The number of hydrogen-bond donors (Lipinski definition) is 2. The Hall–Kier alpha value is -2.15. The van der Waals surface area contributed by atoms with Crippen molar-refractivity contribution >= 4 is 35.2 Å². The molecule has 8 heteroatoms. The van der Waals surface area contributed by atoms with Crippen molar-refractivity contribution in [1.29, 1.82) is 0 Å². The smallest absolute Gasteiger partial charge is 0.308 e. The lowest BCUT2D eigenvalue weighted by Crippen LogP contribution is -2.52. The summed E-state index contributed by atoms with van der Waals surface area (Å²) in [6.07, 6.45) is 3.92. The fraction of sp³-hybridized carbons (Fsp3) is 0.529. The van der Waals surface area contributed by atoms with Gasteiger partial charge in [0.2, 0.25) is 5.28 Å². The van der Waals surface area contributed by atoms with E-state index < -0.39 is 11.9 Å². The lowest BCUT2D eigenvalue weighted by Gasteiger charge is -2.46. The number of aliphatic carboxylic acids is 1. The number of aromatic nitrogens is 3. The maximum atomic E-state index is 11.9. The molecule has 2 aromatic heterocycles. The van der Waals surface area contributed by atoms with E-state index in [1.54, 1.807) is 12.1 Å². The van der Waals surface area contributed by atoms with Crippen molar-refractivity contribution in [1.82, 2.24) is 14.6 Å². The van der Waals surface area contributed by atoms with Crippen LogP contribution >= 0.6 is 11.6 Å². The molecule has 4 saturated carbocycles. The van der Waals surface area contributed by atoms with Gasteiger partial charge in [0.1, 0.15) is 11.2 Å². The maximum absolute atomic E-state index is 11.9. The van der Waals surface area contributed by atoms with Crippen molar-refractivity contribution < 1.29 is 14.7 Å². The van der Waals surface area contributed by atoms with Crippen LogP contribution in [-0.2, 0) is 4.79 Å². The summed E-state index contributed by atoms with van der Waals surface area (Å²) >= 11 is 6.03. The number of halogens is 1. The molecule has 130 valence electrons. The Morgan fingerprint density at radius 3 is 2.80 bits per heavy atom. The molecule has 2 aromatic rings. The minimum absolute atomic E-state index is 0.0199. The molecule has 0 spiro atoms. The molecule has 6 atom stereocenters. The summed E-state index contributed by atoms with van der Waals surface area (Å²) < 4.78 is 1.45. The molecule has 0 aliphatic heterocycles. The van der Waals surface area contributed by atoms with Crippen LogP contribution in [0.5, 0.6) is 0 Å². The summed E-state index contributed by atoms with van der Waals surface area (Å²) in [4.78, 5) is 27.4. The van der Waals surface area contributed by atoms with E-state index in [2.05, 4.69) is 15.4 Å². The molecule has 7 nitrogen and oxygen atoms in total. The van der Waals surface area contributed by atoms with Crippen LogP contribution in [0.2, 0.25) is 5.28 Å². The van der Waals surface area contributed by atoms with Gasteiger partial charge in [-0.3, -0.25) is 9.59 Å². The number of nitrogens with one attached hydrogen (secondary N) is 1. The SMILES string of the molecule is O=Cc1ccc2c(N[C@@H]3[C@@H](C(=O)O)[C@H]4CC[C@@H]3C3CC34)nc(Cl)nn12. The molecule has 6 rings (SSSR count). The quantitative estimate of drug-likeness (QED) is 0.812. The van der Waals surface area contributed by atoms with Crippen molar-refractivity contribution in [3.8, 4) is 0 Å². The highest BCUT2D eigenvalue weighted by Crippen LogP contribution is 2.64. The number of aldehydes is 1. The number of rotatable bonds is 4. The van der Waals surface area contributed by atoms with Crippen LogP contribution in [0.1, 0.15) is 29.8 Å². The van der Waals surface area contributed by atoms with Crippen LogP contribution in [0.25, 0.3) is 5.52 Å². The van der Waals surface area contributed by atoms with Gasteiger partial charge in [0.15, 0.2) is 12.1 Å². The molecule has 2 unspecified atom stereocenters. The second kappa shape index (κ2) is 5.17. The summed E-state index contributed by atoms with van der Waals surface area (Å²) in [5, 5.41) is 17.3. The third kappa shape index (κ3) is 2.11. The lowest BCUT2D eigenvalue weighted by molar-refractivity contribution is -0.148. The van der Waals surface area contributed by atoms with Crippen molar-refractivity contribution in [3.63, 3.8) is 0 Å². The van der Waals surface area contributed by atoms with Gasteiger partial charge in [-0.15, -0.1) is 5.10 Å². The van der Waals surface area contributed by atoms with Gasteiger partial charge < -0.3 is 10.4 Å². The molecule has 2 bridgehead atoms. The van der Waals surface area contributed by atoms with E-state index in [1.807, 2.05) is 0 Å². The minimum Gasteiger partial charge on any atom is -0.481 e. The van der Waals surface area contributed by atoms with Crippen molar-refractivity contribution in [2.75, 3.05) is 5.32 Å². The molecule has 2 N–H and O–H groups in total. The third-order valence-corrected chi connectivity index (χ3v) is 6.52. The van der Waals surface area contributed by atoms with Crippen molar-refractivity contribution in [3.05, 3.63) is 23.1 Å². The summed E-state index contributed by atoms with van der Waals surface area (Å²) in [6, 6.07) is 3.24. The van der Waals surface area contributed by atoms with Crippen LogP contribution in [-0.4, -0.2) is 38.0 Å². The fourth-order valence-electron chi connectivity index (χ4n) is 5.33. The van der Waals surface area contributed by atoms with E-state index in [9.17, 15) is 14.7 Å². The largest absolute Gasteiger partial charge is 0.481 e. The van der Waals surface area contributed by atoms with Gasteiger partial charge in [-0.25, -0.2) is 4.52 Å². The Balaban J connectivity index is 1.56. The van der Waals surface area contributed by atoms with E-state index >= 15 is 0 Å². The number of carbonyl (C=O) groups is 2. The molecule has 25 heavy (non-hydrogen) atoms. The Morgan fingerprint density at radius 1 is 1.28 bits per heavy atom.